The minimum atomic E-state index is 0.274. The molecule has 4 heteroatoms. The van der Waals surface area contributed by atoms with Crippen molar-refractivity contribution in [2.45, 2.75) is 38.0 Å². The van der Waals surface area contributed by atoms with E-state index in [4.69, 9.17) is 5.11 Å². The third kappa shape index (κ3) is 2.34. The van der Waals surface area contributed by atoms with E-state index in [0.29, 0.717) is 11.8 Å². The highest BCUT2D eigenvalue weighted by Gasteiger charge is 2.24. The standard InChI is InChI=1S/C14H21N3O/c18-10-11-5-6-17(9-11)14-15-7-13(8-16-14)12-3-1-2-4-12/h7-8,11-12,18H,1-6,9-10H2. The van der Waals surface area contributed by atoms with E-state index in [2.05, 4.69) is 14.9 Å². The number of aliphatic hydroxyl groups excluding tert-OH is 1. The highest BCUT2D eigenvalue weighted by molar-refractivity contribution is 5.32. The van der Waals surface area contributed by atoms with Gasteiger partial charge in [-0.3, -0.25) is 0 Å². The summed E-state index contributed by atoms with van der Waals surface area (Å²) in [5.41, 5.74) is 1.30. The first-order valence-electron chi connectivity index (χ1n) is 7.04. The van der Waals surface area contributed by atoms with Gasteiger partial charge in [0.05, 0.1) is 0 Å². The van der Waals surface area contributed by atoms with Crippen molar-refractivity contribution in [1.82, 2.24) is 9.97 Å². The third-order valence-electron chi connectivity index (χ3n) is 4.31. The zero-order valence-electron chi connectivity index (χ0n) is 10.8. The Morgan fingerprint density at radius 2 is 1.89 bits per heavy atom. The van der Waals surface area contributed by atoms with Crippen molar-refractivity contribution >= 4 is 5.95 Å². The van der Waals surface area contributed by atoms with Gasteiger partial charge in [0.1, 0.15) is 0 Å². The van der Waals surface area contributed by atoms with Gasteiger partial charge in [0.25, 0.3) is 0 Å². The summed E-state index contributed by atoms with van der Waals surface area (Å²) in [6, 6.07) is 0. The molecule has 2 aliphatic rings. The maximum absolute atomic E-state index is 9.15. The van der Waals surface area contributed by atoms with E-state index in [-0.39, 0.29) is 6.61 Å². The molecule has 1 unspecified atom stereocenters. The van der Waals surface area contributed by atoms with Crippen LogP contribution in [0.25, 0.3) is 0 Å². The van der Waals surface area contributed by atoms with Gasteiger partial charge in [-0.05, 0) is 30.7 Å². The molecule has 1 aromatic rings. The van der Waals surface area contributed by atoms with E-state index in [1.165, 1.54) is 31.2 Å². The Morgan fingerprint density at radius 3 is 2.50 bits per heavy atom. The lowest BCUT2D eigenvalue weighted by atomic mass is 10.0. The van der Waals surface area contributed by atoms with Gasteiger partial charge in [-0.1, -0.05) is 12.8 Å². The molecule has 1 N–H and O–H groups in total. The zero-order valence-corrected chi connectivity index (χ0v) is 10.8. The van der Waals surface area contributed by atoms with E-state index < -0.39 is 0 Å². The van der Waals surface area contributed by atoms with Crippen LogP contribution in [0.5, 0.6) is 0 Å². The topological polar surface area (TPSA) is 49.2 Å². The summed E-state index contributed by atoms with van der Waals surface area (Å²) >= 11 is 0. The van der Waals surface area contributed by atoms with E-state index in [1.807, 2.05) is 12.4 Å². The maximum Gasteiger partial charge on any atom is 0.225 e. The van der Waals surface area contributed by atoms with Crippen LogP contribution in [0.15, 0.2) is 12.4 Å². The van der Waals surface area contributed by atoms with Crippen LogP contribution >= 0.6 is 0 Å². The second-order valence-electron chi connectivity index (χ2n) is 5.58. The molecule has 1 saturated heterocycles. The largest absolute Gasteiger partial charge is 0.396 e. The van der Waals surface area contributed by atoms with Crippen LogP contribution < -0.4 is 4.90 Å². The third-order valence-corrected chi connectivity index (χ3v) is 4.31. The predicted octanol–water partition coefficient (Wildman–Crippen LogP) is 1.95. The van der Waals surface area contributed by atoms with Crippen LogP contribution in [-0.4, -0.2) is 34.8 Å². The van der Waals surface area contributed by atoms with Crippen molar-refractivity contribution in [2.75, 3.05) is 24.6 Å². The van der Waals surface area contributed by atoms with Crippen LogP contribution in [0.2, 0.25) is 0 Å². The Hall–Kier alpha value is -1.16. The lowest BCUT2D eigenvalue weighted by Crippen LogP contribution is -2.22. The van der Waals surface area contributed by atoms with Gasteiger partial charge in [0.15, 0.2) is 0 Å². The summed E-state index contributed by atoms with van der Waals surface area (Å²) in [5.74, 6) is 1.90. The van der Waals surface area contributed by atoms with Crippen molar-refractivity contribution in [3.8, 4) is 0 Å². The molecule has 4 nitrogen and oxygen atoms in total. The predicted molar refractivity (Wildman–Crippen MR) is 70.6 cm³/mol. The quantitative estimate of drug-likeness (QED) is 0.887. The summed E-state index contributed by atoms with van der Waals surface area (Å²) in [6.45, 7) is 2.13. The maximum atomic E-state index is 9.15. The summed E-state index contributed by atoms with van der Waals surface area (Å²) < 4.78 is 0. The van der Waals surface area contributed by atoms with Crippen LogP contribution in [0.1, 0.15) is 43.6 Å². The fourth-order valence-corrected chi connectivity index (χ4v) is 3.13. The smallest absolute Gasteiger partial charge is 0.225 e. The van der Waals surface area contributed by atoms with Gasteiger partial charge >= 0.3 is 0 Å². The number of nitrogens with zero attached hydrogens (tertiary/aromatic N) is 3. The second kappa shape index (κ2) is 5.22. The van der Waals surface area contributed by atoms with Crippen LogP contribution in [-0.2, 0) is 0 Å². The van der Waals surface area contributed by atoms with E-state index >= 15 is 0 Å². The summed E-state index contributed by atoms with van der Waals surface area (Å²) in [5, 5.41) is 9.15. The molecule has 1 atom stereocenters. The van der Waals surface area contributed by atoms with Crippen molar-refractivity contribution in [3.63, 3.8) is 0 Å². The van der Waals surface area contributed by atoms with Gasteiger partial charge in [-0.2, -0.15) is 0 Å². The lowest BCUT2D eigenvalue weighted by Gasteiger charge is -2.16. The monoisotopic (exact) mass is 247 g/mol. The molecule has 1 saturated carbocycles. The normalized spacial score (nSPS) is 24.9. The first-order valence-corrected chi connectivity index (χ1v) is 7.04. The van der Waals surface area contributed by atoms with E-state index in [0.717, 1.165) is 25.5 Å². The van der Waals surface area contributed by atoms with Gasteiger partial charge < -0.3 is 10.0 Å². The van der Waals surface area contributed by atoms with Crippen LogP contribution in [0.3, 0.4) is 0 Å². The summed E-state index contributed by atoms with van der Waals surface area (Å²) in [7, 11) is 0. The summed E-state index contributed by atoms with van der Waals surface area (Å²) in [4.78, 5) is 11.2. The Kier molecular flexibility index (Phi) is 3.46. The highest BCUT2D eigenvalue weighted by atomic mass is 16.3. The molecule has 1 aliphatic heterocycles. The number of aliphatic hydroxyl groups is 1. The minimum absolute atomic E-state index is 0.274. The summed E-state index contributed by atoms with van der Waals surface area (Å²) in [6.07, 6.45) is 10.3. The van der Waals surface area contributed by atoms with Crippen molar-refractivity contribution in [3.05, 3.63) is 18.0 Å². The lowest BCUT2D eigenvalue weighted by molar-refractivity contribution is 0.238. The Balaban J connectivity index is 1.67. The molecule has 2 fully saturated rings. The van der Waals surface area contributed by atoms with Crippen LogP contribution in [0.4, 0.5) is 5.95 Å². The van der Waals surface area contributed by atoms with E-state index in [1.54, 1.807) is 0 Å². The molecule has 0 radical (unpaired) electrons. The molecule has 1 aromatic heterocycles. The molecule has 3 rings (SSSR count). The Bertz CT molecular complexity index is 387. The molecule has 18 heavy (non-hydrogen) atoms. The molecule has 1 aliphatic carbocycles. The van der Waals surface area contributed by atoms with Crippen molar-refractivity contribution in [1.29, 1.82) is 0 Å². The van der Waals surface area contributed by atoms with Crippen LogP contribution in [0, 0.1) is 5.92 Å². The van der Waals surface area contributed by atoms with Gasteiger partial charge in [-0.25, -0.2) is 9.97 Å². The Morgan fingerprint density at radius 1 is 1.17 bits per heavy atom. The number of rotatable bonds is 3. The first-order chi connectivity index (χ1) is 8.86. The highest BCUT2D eigenvalue weighted by Crippen LogP contribution is 2.33. The molecule has 0 amide bonds. The molecule has 0 aromatic carbocycles. The first kappa shape index (κ1) is 11.9. The van der Waals surface area contributed by atoms with Gasteiger partial charge in [-0.15, -0.1) is 0 Å². The van der Waals surface area contributed by atoms with Crippen molar-refractivity contribution < 1.29 is 5.11 Å². The number of hydrogen-bond acceptors (Lipinski definition) is 4. The molecule has 2 heterocycles. The number of aromatic nitrogens is 2. The Labute approximate surface area is 108 Å². The number of hydrogen-bond donors (Lipinski definition) is 1. The zero-order chi connectivity index (χ0) is 12.4. The van der Waals surface area contributed by atoms with Gasteiger partial charge in [0.2, 0.25) is 5.95 Å². The molecule has 0 bridgehead atoms. The van der Waals surface area contributed by atoms with Crippen molar-refractivity contribution in [2.24, 2.45) is 5.92 Å². The number of anilines is 1. The molecule has 98 valence electrons. The average molecular weight is 247 g/mol. The SMILES string of the molecule is OCC1CCN(c2ncc(C3CCCC3)cn2)C1. The second-order valence-corrected chi connectivity index (χ2v) is 5.58. The minimum Gasteiger partial charge on any atom is -0.396 e. The van der Waals surface area contributed by atoms with Gasteiger partial charge in [0, 0.05) is 38.0 Å². The molecular weight excluding hydrogens is 226 g/mol. The fourth-order valence-electron chi connectivity index (χ4n) is 3.13. The molecular formula is C14H21N3O. The molecule has 0 spiro atoms. The average Bonchev–Trinajstić information content (AvgIpc) is 3.10. The van der Waals surface area contributed by atoms with E-state index in [9.17, 15) is 0 Å². The fraction of sp³-hybridized carbons (Fsp3) is 0.714.